The number of nitrogen functional groups attached to an aromatic ring is 1. The molecule has 3 N–H and O–H groups in total. The van der Waals surface area contributed by atoms with Gasteiger partial charge in [0.15, 0.2) is 27.9 Å². The number of nitrogens with two attached hydrogens (primary N) is 1. The van der Waals surface area contributed by atoms with E-state index >= 15 is 0 Å². The number of aromatic nitrogens is 1. The predicted octanol–water partition coefficient (Wildman–Crippen LogP) is -7.05. The number of nitrogens with zero attached hydrogens (tertiary/aromatic N) is 3. The van der Waals surface area contributed by atoms with Crippen LogP contribution < -0.4 is 89.9 Å². The number of thioether (sulfide) groups is 1. The monoisotopic (exact) mass is 717 g/mol. The van der Waals surface area contributed by atoms with Crippen molar-refractivity contribution in [1.82, 2.24) is 15.2 Å². The third kappa shape index (κ3) is 9.47. The molecule has 1 aromatic heterocycles. The molecular formula is C28H25N5Na2O11S2. The molecule has 1 saturated heterocycles. The molecule has 2 amide bonds. The van der Waals surface area contributed by atoms with Gasteiger partial charge in [-0.15, -0.1) is 23.1 Å². The Balaban J connectivity index is 0.00000400. The van der Waals surface area contributed by atoms with Gasteiger partial charge < -0.3 is 45.2 Å². The number of anilines is 1. The minimum Gasteiger partial charge on any atom is -0.546 e. The number of amides is 2. The van der Waals surface area contributed by atoms with Crippen LogP contribution in [-0.4, -0.2) is 74.1 Å². The summed E-state index contributed by atoms with van der Waals surface area (Å²) in [5.74, 6) is -6.18. The van der Waals surface area contributed by atoms with Gasteiger partial charge in [-0.25, -0.2) is 4.98 Å². The van der Waals surface area contributed by atoms with Gasteiger partial charge in [-0.2, -0.15) is 0 Å². The van der Waals surface area contributed by atoms with Gasteiger partial charge in [0.25, 0.3) is 11.8 Å². The summed E-state index contributed by atoms with van der Waals surface area (Å²) in [4.78, 5) is 82.8. The molecule has 48 heavy (non-hydrogen) atoms. The summed E-state index contributed by atoms with van der Waals surface area (Å²) in [5.41, 5.74) is 3.49. The van der Waals surface area contributed by atoms with E-state index in [9.17, 15) is 39.0 Å². The summed E-state index contributed by atoms with van der Waals surface area (Å²) in [6, 6.07) is 3.15. The van der Waals surface area contributed by atoms with Crippen LogP contribution in [0.15, 0.2) is 46.1 Å². The van der Waals surface area contributed by atoms with Crippen molar-refractivity contribution in [3.05, 3.63) is 52.2 Å². The Bertz CT molecular complexity index is 1740. The molecule has 0 spiro atoms. The molecule has 0 bridgehead atoms. The Morgan fingerprint density at radius 3 is 2.29 bits per heavy atom. The standard InChI is InChI=1S/C28H27N5O11S2.2Na/c1-12(34)42-17-8-6-14(9-18(17)43-13(2)35)5-7-15-10-45-24-20(23(37)33(24)21(15)25(38)39)31-22(36)19(16-11-46-27(29)30-16)32-44-28(3,4)26(40)41;;/h5-9,11,20,24H,10H2,1-4H3,(H2,29,30)(H,31,36)(H,38,39)(H,40,41);;/q;2*+1/p-2/b7-5?,32-19-;;/t20-,24-;;/m1../s1. The number of hydrogen-bond donors (Lipinski definition) is 2. The van der Waals surface area contributed by atoms with E-state index in [0.29, 0.717) is 5.56 Å². The number of esters is 2. The molecule has 16 nitrogen and oxygen atoms in total. The molecule has 2 aliphatic heterocycles. The number of oxime groups is 1. The molecule has 2 atom stereocenters. The van der Waals surface area contributed by atoms with Crippen molar-refractivity contribution >= 4 is 75.7 Å². The van der Waals surface area contributed by atoms with Crippen LogP contribution in [-0.2, 0) is 33.6 Å². The molecule has 2 aliphatic rings. The van der Waals surface area contributed by atoms with Gasteiger partial charge >= 0.3 is 71.1 Å². The van der Waals surface area contributed by atoms with Crippen molar-refractivity contribution in [2.75, 3.05) is 11.5 Å². The Labute approximate surface area is 325 Å². The first-order valence-corrected chi connectivity index (χ1v) is 15.1. The average molecular weight is 718 g/mol. The Morgan fingerprint density at radius 2 is 1.73 bits per heavy atom. The van der Waals surface area contributed by atoms with Gasteiger partial charge in [-0.05, 0) is 37.1 Å². The maximum absolute atomic E-state index is 13.2. The van der Waals surface area contributed by atoms with E-state index in [0.717, 1.165) is 41.8 Å². The van der Waals surface area contributed by atoms with Gasteiger partial charge in [0.1, 0.15) is 17.1 Å². The zero-order chi connectivity index (χ0) is 33.9. The SMILES string of the molecule is CC(=O)Oc1ccc(C=CC2=C(C(=O)[O-])N3C(=O)[C@@H](NC(=O)/C(=N\OC(C)(C)C(=O)[O-])c4csc(N)n4)[C@H]3SC2)cc1OC(C)=O.[Na+].[Na+]. The van der Waals surface area contributed by atoms with Crippen LogP contribution in [0.2, 0.25) is 0 Å². The fourth-order valence-electron chi connectivity index (χ4n) is 4.07. The number of benzene rings is 1. The van der Waals surface area contributed by atoms with Gasteiger partial charge in [-0.1, -0.05) is 23.4 Å². The number of carbonyl (C=O) groups excluding carboxylic acids is 6. The number of fused-ring (bicyclic) bond motifs is 1. The topological polar surface area (TPSA) is 243 Å². The summed E-state index contributed by atoms with van der Waals surface area (Å²) in [6.07, 6.45) is 2.95. The number of thiazole rings is 1. The number of carboxylic acid groups (broad SMARTS) is 2. The number of carboxylic acids is 2. The van der Waals surface area contributed by atoms with Crippen LogP contribution in [0, 0.1) is 0 Å². The number of nitrogens with one attached hydrogen (secondary N) is 1. The van der Waals surface area contributed by atoms with Gasteiger partial charge in [0.2, 0.25) is 0 Å². The van der Waals surface area contributed by atoms with E-state index in [4.69, 9.17) is 20.0 Å². The van der Waals surface area contributed by atoms with Crippen LogP contribution >= 0.6 is 23.1 Å². The van der Waals surface area contributed by atoms with E-state index in [1.54, 1.807) is 0 Å². The number of carbonyl (C=O) groups is 6. The molecule has 0 radical (unpaired) electrons. The van der Waals surface area contributed by atoms with Crippen molar-refractivity contribution < 1.29 is 112 Å². The average Bonchev–Trinajstić information content (AvgIpc) is 3.40. The van der Waals surface area contributed by atoms with Crippen LogP contribution in [0.3, 0.4) is 0 Å². The third-order valence-electron chi connectivity index (χ3n) is 6.27. The van der Waals surface area contributed by atoms with Crippen molar-refractivity contribution in [2.45, 2.75) is 44.7 Å². The number of aliphatic carboxylic acids is 2. The van der Waals surface area contributed by atoms with Crippen molar-refractivity contribution in [2.24, 2.45) is 5.16 Å². The number of hydrogen-bond acceptors (Lipinski definition) is 16. The molecule has 1 fully saturated rings. The first-order valence-electron chi connectivity index (χ1n) is 13.2. The first kappa shape index (κ1) is 40.9. The second-order valence-corrected chi connectivity index (χ2v) is 12.1. The van der Waals surface area contributed by atoms with Crippen LogP contribution in [0.5, 0.6) is 11.5 Å². The van der Waals surface area contributed by atoms with E-state index in [-0.39, 0.29) is 92.8 Å². The zero-order valence-electron chi connectivity index (χ0n) is 26.6. The van der Waals surface area contributed by atoms with Gasteiger partial charge in [0, 0.05) is 25.0 Å². The van der Waals surface area contributed by atoms with Crippen molar-refractivity contribution in [3.8, 4) is 11.5 Å². The molecular weight excluding hydrogens is 692 g/mol. The Hall–Kier alpha value is -3.23. The number of rotatable bonds is 11. The summed E-state index contributed by atoms with van der Waals surface area (Å²) in [6.45, 7) is 4.65. The molecule has 4 rings (SSSR count). The zero-order valence-corrected chi connectivity index (χ0v) is 32.2. The second kappa shape index (κ2) is 16.9. The smallest absolute Gasteiger partial charge is 0.546 e. The quantitative estimate of drug-likeness (QED) is 0.0548. The summed E-state index contributed by atoms with van der Waals surface area (Å²) in [5, 5.41) is 30.3. The maximum Gasteiger partial charge on any atom is 1.00 e. The third-order valence-corrected chi connectivity index (χ3v) is 8.24. The molecule has 3 heterocycles. The molecule has 242 valence electrons. The van der Waals surface area contributed by atoms with Crippen LogP contribution in [0.25, 0.3) is 6.08 Å². The summed E-state index contributed by atoms with van der Waals surface area (Å²) < 4.78 is 10.2. The fourth-order valence-corrected chi connectivity index (χ4v) is 5.93. The molecule has 2 aromatic rings. The predicted molar refractivity (Wildman–Crippen MR) is 158 cm³/mol. The van der Waals surface area contributed by atoms with Crippen LogP contribution in [0.1, 0.15) is 39.0 Å². The van der Waals surface area contributed by atoms with Gasteiger partial charge in [0.05, 0.1) is 17.6 Å². The number of β-lactam (4-membered cyclic amide) rings is 1. The largest absolute Gasteiger partial charge is 1.00 e. The number of allylic oxidation sites excluding steroid dienone is 1. The van der Waals surface area contributed by atoms with E-state index < -0.39 is 64.1 Å². The van der Waals surface area contributed by atoms with Crippen LogP contribution in [0.4, 0.5) is 5.13 Å². The Morgan fingerprint density at radius 1 is 1.08 bits per heavy atom. The molecule has 1 aromatic carbocycles. The summed E-state index contributed by atoms with van der Waals surface area (Å²) in [7, 11) is 0. The minimum absolute atomic E-state index is 0. The van der Waals surface area contributed by atoms with Gasteiger partial charge in [-0.3, -0.25) is 24.1 Å². The summed E-state index contributed by atoms with van der Waals surface area (Å²) >= 11 is 2.13. The molecule has 20 heteroatoms. The van der Waals surface area contributed by atoms with E-state index in [2.05, 4.69) is 15.5 Å². The fraction of sp³-hybridized carbons (Fsp3) is 0.286. The normalized spacial score (nSPS) is 17.3. The van der Waals surface area contributed by atoms with Crippen molar-refractivity contribution in [3.63, 3.8) is 0 Å². The number of ether oxygens (including phenoxy) is 2. The second-order valence-electron chi connectivity index (χ2n) is 10.1. The maximum atomic E-state index is 13.2. The first-order chi connectivity index (χ1) is 21.6. The molecule has 0 saturated carbocycles. The minimum atomic E-state index is -1.92. The Kier molecular flexibility index (Phi) is 14.4. The van der Waals surface area contributed by atoms with E-state index in [1.807, 2.05) is 0 Å². The molecule has 0 unspecified atom stereocenters. The van der Waals surface area contributed by atoms with E-state index in [1.165, 1.54) is 49.6 Å². The molecule has 0 aliphatic carbocycles. The van der Waals surface area contributed by atoms with Crippen molar-refractivity contribution in [1.29, 1.82) is 0 Å².